The molecule has 0 amide bonds. The number of hydrogen-bond acceptors (Lipinski definition) is 5. The summed E-state index contributed by atoms with van der Waals surface area (Å²) in [6.07, 6.45) is -0.419. The molecule has 1 fully saturated rings. The van der Waals surface area contributed by atoms with Crippen LogP contribution in [0.15, 0.2) is 41.6 Å². The number of benzene rings is 2. The van der Waals surface area contributed by atoms with Crippen LogP contribution in [0.1, 0.15) is 35.3 Å². The highest BCUT2D eigenvalue weighted by Crippen LogP contribution is 2.60. The normalized spacial score (nSPS) is 18.6. The average Bonchev–Trinajstić information content (AvgIpc) is 3.34. The lowest BCUT2D eigenvalue weighted by Gasteiger charge is -2.22. The number of methoxy groups -OCH3 is 1. The number of rotatable bonds is 8. The lowest BCUT2D eigenvalue weighted by molar-refractivity contribution is -0.129. The van der Waals surface area contributed by atoms with Gasteiger partial charge in [0.2, 0.25) is 6.29 Å². The molecule has 0 heterocycles. The van der Waals surface area contributed by atoms with Crippen LogP contribution < -0.4 is 4.74 Å². The number of alkyl halides is 2. The monoisotopic (exact) mass is 491 g/mol. The molecule has 160 valence electrons. The van der Waals surface area contributed by atoms with Crippen molar-refractivity contribution in [2.45, 2.75) is 23.0 Å². The van der Waals surface area contributed by atoms with E-state index in [0.29, 0.717) is 12.0 Å². The maximum absolute atomic E-state index is 11.6. The molecule has 0 radical (unpaired) electrons. The van der Waals surface area contributed by atoms with Crippen molar-refractivity contribution >= 4 is 58.1 Å². The van der Waals surface area contributed by atoms with Gasteiger partial charge in [0, 0.05) is 24.2 Å². The standard InChI is InChI=1S/C20H17Cl4NO5/c1-28-19(12-6-4-3-5-11(12)16(18(26)27)25-29-2)30-17-14(21)7-10(8-15(17)22)13-9-20(13,23)24/h3-8,13,19H,9H2,1-2H3,(H,26,27). The summed E-state index contributed by atoms with van der Waals surface area (Å²) in [7, 11) is 2.66. The SMILES string of the molecule is CON=C(C(=O)O)c1ccccc1C(OC)Oc1c(Cl)cc(C2CC2(Cl)Cl)cc1Cl. The second-order valence-corrected chi connectivity index (χ2v) is 8.89. The van der Waals surface area contributed by atoms with E-state index >= 15 is 0 Å². The van der Waals surface area contributed by atoms with Crippen molar-refractivity contribution in [2.75, 3.05) is 14.2 Å². The zero-order valence-electron chi connectivity index (χ0n) is 15.9. The van der Waals surface area contributed by atoms with Gasteiger partial charge in [-0.3, -0.25) is 0 Å². The van der Waals surface area contributed by atoms with Crippen molar-refractivity contribution in [1.82, 2.24) is 0 Å². The van der Waals surface area contributed by atoms with Crippen LogP contribution in [-0.4, -0.2) is 35.3 Å². The fourth-order valence-electron chi connectivity index (χ4n) is 3.03. The van der Waals surface area contributed by atoms with Crippen LogP contribution >= 0.6 is 46.4 Å². The molecule has 2 atom stereocenters. The van der Waals surface area contributed by atoms with Gasteiger partial charge in [-0.15, -0.1) is 23.2 Å². The molecule has 2 aromatic rings. The Morgan fingerprint density at radius 1 is 1.20 bits per heavy atom. The number of carbonyl (C=O) groups is 1. The van der Waals surface area contributed by atoms with Crippen molar-refractivity contribution in [3.8, 4) is 5.75 Å². The second-order valence-electron chi connectivity index (χ2n) is 6.53. The summed E-state index contributed by atoms with van der Waals surface area (Å²) in [5.74, 6) is -1.15. The predicted octanol–water partition coefficient (Wildman–Crippen LogP) is 5.81. The maximum Gasteiger partial charge on any atom is 0.358 e. The molecule has 1 aliphatic carbocycles. The van der Waals surface area contributed by atoms with Gasteiger partial charge in [-0.05, 0) is 24.1 Å². The topological polar surface area (TPSA) is 77.4 Å². The third-order valence-corrected chi connectivity index (χ3v) is 5.94. The number of carboxylic acids is 1. The van der Waals surface area contributed by atoms with E-state index in [1.54, 1.807) is 36.4 Å². The van der Waals surface area contributed by atoms with Gasteiger partial charge in [-0.25, -0.2) is 4.79 Å². The summed E-state index contributed by atoms with van der Waals surface area (Å²) in [4.78, 5) is 16.3. The number of halogens is 4. The van der Waals surface area contributed by atoms with Crippen LogP contribution in [0.25, 0.3) is 0 Å². The Bertz CT molecular complexity index is 972. The van der Waals surface area contributed by atoms with Crippen LogP contribution in [0, 0.1) is 0 Å². The number of hydrogen-bond donors (Lipinski definition) is 1. The Morgan fingerprint density at radius 2 is 1.80 bits per heavy atom. The summed E-state index contributed by atoms with van der Waals surface area (Å²) in [5.41, 5.74) is 1.16. The molecule has 1 N–H and O–H groups in total. The van der Waals surface area contributed by atoms with E-state index in [-0.39, 0.29) is 33.0 Å². The summed E-state index contributed by atoms with van der Waals surface area (Å²) in [6, 6.07) is 9.96. The van der Waals surface area contributed by atoms with Gasteiger partial charge in [-0.2, -0.15) is 0 Å². The maximum atomic E-state index is 11.6. The molecular formula is C20H17Cl4NO5. The van der Waals surface area contributed by atoms with Crippen LogP contribution in [0.4, 0.5) is 0 Å². The zero-order chi connectivity index (χ0) is 22.1. The molecule has 0 spiro atoms. The summed E-state index contributed by atoms with van der Waals surface area (Å²) < 4.78 is 10.6. The molecular weight excluding hydrogens is 476 g/mol. The molecule has 30 heavy (non-hydrogen) atoms. The molecule has 0 aliphatic heterocycles. The highest BCUT2D eigenvalue weighted by atomic mass is 35.5. The van der Waals surface area contributed by atoms with Crippen molar-refractivity contribution in [2.24, 2.45) is 5.16 Å². The van der Waals surface area contributed by atoms with E-state index in [1.165, 1.54) is 14.2 Å². The fraction of sp³-hybridized carbons (Fsp3) is 0.300. The van der Waals surface area contributed by atoms with Gasteiger partial charge < -0.3 is 19.4 Å². The number of ether oxygens (including phenoxy) is 2. The lowest BCUT2D eigenvalue weighted by atomic mass is 10.0. The number of nitrogens with zero attached hydrogens (tertiary/aromatic N) is 1. The fourth-order valence-corrected chi connectivity index (χ4v) is 4.18. The first-order valence-electron chi connectivity index (χ1n) is 8.69. The van der Waals surface area contributed by atoms with Crippen LogP contribution in [-0.2, 0) is 14.4 Å². The van der Waals surface area contributed by atoms with E-state index < -0.39 is 16.6 Å². The molecule has 1 saturated carbocycles. The molecule has 2 aromatic carbocycles. The molecule has 1 aliphatic rings. The van der Waals surface area contributed by atoms with Crippen LogP contribution in [0.2, 0.25) is 10.0 Å². The van der Waals surface area contributed by atoms with Gasteiger partial charge in [0.05, 0.1) is 10.0 Å². The van der Waals surface area contributed by atoms with Crippen molar-refractivity contribution < 1.29 is 24.2 Å². The second kappa shape index (κ2) is 9.20. The first kappa shape index (κ1) is 23.0. The Kier molecular flexibility index (Phi) is 7.05. The van der Waals surface area contributed by atoms with Gasteiger partial charge in [-0.1, -0.05) is 52.6 Å². The van der Waals surface area contributed by atoms with Gasteiger partial charge in [0.1, 0.15) is 11.4 Å². The summed E-state index contributed by atoms with van der Waals surface area (Å²) in [5, 5.41) is 13.6. The Morgan fingerprint density at radius 3 is 2.30 bits per heavy atom. The third-order valence-electron chi connectivity index (χ3n) is 4.54. The first-order chi connectivity index (χ1) is 14.2. The molecule has 0 bridgehead atoms. The van der Waals surface area contributed by atoms with Crippen molar-refractivity contribution in [3.05, 3.63) is 63.1 Å². The highest BCUT2D eigenvalue weighted by Gasteiger charge is 2.52. The van der Waals surface area contributed by atoms with Gasteiger partial charge in [0.25, 0.3) is 0 Å². The molecule has 2 unspecified atom stereocenters. The largest absolute Gasteiger partial charge is 0.476 e. The molecule has 3 rings (SSSR count). The summed E-state index contributed by atoms with van der Waals surface area (Å²) in [6.45, 7) is 0. The van der Waals surface area contributed by atoms with Crippen LogP contribution in [0.3, 0.4) is 0 Å². The van der Waals surface area contributed by atoms with E-state index in [4.69, 9.17) is 55.9 Å². The zero-order valence-corrected chi connectivity index (χ0v) is 18.9. The quantitative estimate of drug-likeness (QED) is 0.217. The first-order valence-corrected chi connectivity index (χ1v) is 10.2. The number of aliphatic carboxylic acids is 1. The highest BCUT2D eigenvalue weighted by molar-refractivity contribution is 6.51. The lowest BCUT2D eigenvalue weighted by Crippen LogP contribution is -2.20. The summed E-state index contributed by atoms with van der Waals surface area (Å²) >= 11 is 25.1. The Balaban J connectivity index is 1.96. The van der Waals surface area contributed by atoms with Crippen molar-refractivity contribution in [1.29, 1.82) is 0 Å². The minimum atomic E-state index is -1.27. The molecule has 10 heteroatoms. The minimum Gasteiger partial charge on any atom is -0.476 e. The molecule has 0 saturated heterocycles. The molecule has 6 nitrogen and oxygen atoms in total. The Hall–Kier alpha value is -1.70. The van der Waals surface area contributed by atoms with E-state index in [1.807, 2.05) is 0 Å². The average molecular weight is 493 g/mol. The minimum absolute atomic E-state index is 0.0628. The molecule has 0 aromatic heterocycles. The predicted molar refractivity (Wildman–Crippen MR) is 116 cm³/mol. The van der Waals surface area contributed by atoms with E-state index in [9.17, 15) is 9.90 Å². The van der Waals surface area contributed by atoms with Gasteiger partial charge in [0.15, 0.2) is 11.5 Å². The van der Waals surface area contributed by atoms with Crippen molar-refractivity contribution in [3.63, 3.8) is 0 Å². The third kappa shape index (κ3) is 4.79. The van der Waals surface area contributed by atoms with Crippen LogP contribution in [0.5, 0.6) is 5.75 Å². The Labute approximate surface area is 193 Å². The van der Waals surface area contributed by atoms with E-state index in [0.717, 1.165) is 5.56 Å². The number of carboxylic acid groups (broad SMARTS) is 1. The smallest absolute Gasteiger partial charge is 0.358 e. The number of oxime groups is 1. The van der Waals surface area contributed by atoms with Gasteiger partial charge >= 0.3 is 5.97 Å². The van der Waals surface area contributed by atoms with E-state index in [2.05, 4.69) is 9.99 Å².